The summed E-state index contributed by atoms with van der Waals surface area (Å²) in [4.78, 5) is 3.67. The van der Waals surface area contributed by atoms with Gasteiger partial charge in [0.25, 0.3) is 10.2 Å². The second-order valence-corrected chi connectivity index (χ2v) is 4.05. The van der Waals surface area contributed by atoms with Crippen molar-refractivity contribution in [3.05, 3.63) is 10.5 Å². The van der Waals surface area contributed by atoms with Gasteiger partial charge >= 0.3 is 0 Å². The predicted octanol–water partition coefficient (Wildman–Crippen LogP) is -0.473. The smallest absolute Gasteiger partial charge is 0.271 e. The van der Waals surface area contributed by atoms with E-state index in [0.29, 0.717) is 10.3 Å². The van der Waals surface area contributed by atoms with Crippen LogP contribution in [0.5, 0.6) is 0 Å². The first-order valence-corrected chi connectivity index (χ1v) is 5.33. The first-order chi connectivity index (χ1) is 5.29. The number of hydrogen-bond acceptors (Lipinski definition) is 5. The topological polar surface area (TPSA) is 125 Å². The van der Waals surface area contributed by atoms with Gasteiger partial charge in [-0.05, 0) is 0 Å². The van der Waals surface area contributed by atoms with E-state index in [9.17, 15) is 8.42 Å². The molecular weight excluding hydrogens is 224 g/mol. The van der Waals surface area contributed by atoms with Crippen molar-refractivity contribution in [2.24, 2.45) is 10.3 Å². The number of hydrogen-bond donors (Lipinski definition) is 3. The summed E-state index contributed by atoms with van der Waals surface area (Å²) in [5.41, 5.74) is 5.20. The van der Waals surface area contributed by atoms with Gasteiger partial charge in [-0.2, -0.15) is 8.42 Å². The van der Waals surface area contributed by atoms with Crippen LogP contribution in [-0.2, 0) is 10.2 Å². The maximum atomic E-state index is 9.19. The Hall–Kier alpha value is -0.410. The molecule has 0 radical (unpaired) electrons. The SMILES string of the molecule is NS(N)(=O)=O.Nc1nc(Cl)cs1. The van der Waals surface area contributed by atoms with E-state index in [2.05, 4.69) is 15.3 Å². The van der Waals surface area contributed by atoms with Crippen LogP contribution in [0.1, 0.15) is 0 Å². The van der Waals surface area contributed by atoms with Gasteiger partial charge in [0.05, 0.1) is 0 Å². The second kappa shape index (κ2) is 4.58. The molecule has 0 aliphatic carbocycles. The van der Waals surface area contributed by atoms with Crippen LogP contribution in [0.3, 0.4) is 0 Å². The van der Waals surface area contributed by atoms with Crippen molar-refractivity contribution >= 4 is 38.3 Å². The Balaban J connectivity index is 0.000000217. The highest BCUT2D eigenvalue weighted by Crippen LogP contribution is 2.14. The number of halogens is 1. The predicted molar refractivity (Wildman–Crippen MR) is 48.8 cm³/mol. The first kappa shape index (κ1) is 11.6. The van der Waals surface area contributed by atoms with Crippen molar-refractivity contribution in [3.8, 4) is 0 Å². The molecule has 0 aliphatic rings. The second-order valence-electron chi connectivity index (χ2n) is 1.60. The molecule has 1 rings (SSSR count). The lowest BCUT2D eigenvalue weighted by atomic mass is 11.0. The average molecular weight is 231 g/mol. The van der Waals surface area contributed by atoms with Gasteiger partial charge in [-0.1, -0.05) is 11.6 Å². The summed E-state index contributed by atoms with van der Waals surface area (Å²) in [7, 11) is -3.67. The van der Waals surface area contributed by atoms with Gasteiger partial charge in [-0.25, -0.2) is 15.3 Å². The standard InChI is InChI=1S/C3H3ClN2S.H4N2O2S/c4-2-1-7-3(5)6-2;1-5(2,3)4/h1H,(H2,5,6);(H4,1,2,3,4). The lowest BCUT2D eigenvalue weighted by Crippen LogP contribution is -2.21. The lowest BCUT2D eigenvalue weighted by Gasteiger charge is -1.72. The number of anilines is 1. The third-order valence-corrected chi connectivity index (χ3v) is 1.49. The fourth-order valence-electron chi connectivity index (χ4n) is 0.267. The summed E-state index contributed by atoms with van der Waals surface area (Å²) in [6.45, 7) is 0. The third kappa shape index (κ3) is 9.59. The van der Waals surface area contributed by atoms with E-state index in [0.717, 1.165) is 0 Å². The maximum absolute atomic E-state index is 9.19. The number of nitrogens with zero attached hydrogens (tertiary/aromatic N) is 1. The van der Waals surface area contributed by atoms with Crippen molar-refractivity contribution in [2.45, 2.75) is 0 Å². The Morgan fingerprint density at radius 2 is 1.92 bits per heavy atom. The highest BCUT2D eigenvalue weighted by atomic mass is 35.5. The summed E-state index contributed by atoms with van der Waals surface area (Å²) < 4.78 is 18.4. The molecule has 6 nitrogen and oxygen atoms in total. The van der Waals surface area contributed by atoms with Gasteiger partial charge in [0.15, 0.2) is 5.13 Å². The Morgan fingerprint density at radius 3 is 2.00 bits per heavy atom. The molecule has 70 valence electrons. The molecule has 0 amide bonds. The van der Waals surface area contributed by atoms with Crippen molar-refractivity contribution < 1.29 is 8.42 Å². The van der Waals surface area contributed by atoms with Crippen LogP contribution in [0.4, 0.5) is 5.13 Å². The summed E-state index contributed by atoms with van der Waals surface area (Å²) >= 11 is 6.72. The van der Waals surface area contributed by atoms with E-state index in [1.165, 1.54) is 11.3 Å². The fourth-order valence-corrected chi connectivity index (χ4v) is 0.964. The molecule has 0 saturated carbocycles. The summed E-state index contributed by atoms with van der Waals surface area (Å²) in [5, 5.41) is 10.9. The lowest BCUT2D eigenvalue weighted by molar-refractivity contribution is 0.599. The van der Waals surface area contributed by atoms with Crippen LogP contribution in [0, 0.1) is 0 Å². The summed E-state index contributed by atoms with van der Waals surface area (Å²) in [5.74, 6) is 0. The van der Waals surface area contributed by atoms with Crippen LogP contribution < -0.4 is 16.0 Å². The molecule has 1 heterocycles. The molecule has 0 atom stereocenters. The highest BCUT2D eigenvalue weighted by Gasteiger charge is 1.89. The number of aromatic nitrogens is 1. The van der Waals surface area contributed by atoms with Crippen LogP contribution in [0.2, 0.25) is 5.15 Å². The monoisotopic (exact) mass is 230 g/mol. The van der Waals surface area contributed by atoms with Gasteiger partial charge in [0, 0.05) is 5.38 Å². The van der Waals surface area contributed by atoms with E-state index in [4.69, 9.17) is 17.3 Å². The van der Waals surface area contributed by atoms with Crippen LogP contribution in [-0.4, -0.2) is 13.4 Å². The van der Waals surface area contributed by atoms with Gasteiger partial charge in [0.2, 0.25) is 0 Å². The van der Waals surface area contributed by atoms with E-state index in [1.54, 1.807) is 5.38 Å². The molecule has 0 aliphatic heterocycles. The summed E-state index contributed by atoms with van der Waals surface area (Å²) in [6, 6.07) is 0. The Bertz CT molecular complexity index is 309. The van der Waals surface area contributed by atoms with Gasteiger partial charge in [0.1, 0.15) is 5.15 Å². The van der Waals surface area contributed by atoms with E-state index < -0.39 is 10.2 Å². The summed E-state index contributed by atoms with van der Waals surface area (Å²) in [6.07, 6.45) is 0. The van der Waals surface area contributed by atoms with Crippen molar-refractivity contribution in [2.75, 3.05) is 5.73 Å². The molecule has 0 aromatic carbocycles. The van der Waals surface area contributed by atoms with Crippen molar-refractivity contribution in [3.63, 3.8) is 0 Å². The molecule has 6 N–H and O–H groups in total. The average Bonchev–Trinajstić information content (AvgIpc) is 2.09. The van der Waals surface area contributed by atoms with Crippen LogP contribution >= 0.6 is 22.9 Å². The van der Waals surface area contributed by atoms with Crippen LogP contribution in [0.15, 0.2) is 5.38 Å². The fraction of sp³-hybridized carbons (Fsp3) is 0. The molecule has 0 spiro atoms. The molecule has 0 saturated heterocycles. The molecule has 1 aromatic heterocycles. The van der Waals surface area contributed by atoms with E-state index in [1.807, 2.05) is 0 Å². The molecule has 12 heavy (non-hydrogen) atoms. The van der Waals surface area contributed by atoms with Gasteiger partial charge in [-0.3, -0.25) is 0 Å². The van der Waals surface area contributed by atoms with E-state index >= 15 is 0 Å². The number of rotatable bonds is 0. The number of nitrogen functional groups attached to an aromatic ring is 1. The van der Waals surface area contributed by atoms with Gasteiger partial charge in [-0.15, -0.1) is 11.3 Å². The quantitative estimate of drug-likeness (QED) is 0.557. The molecule has 0 unspecified atom stereocenters. The minimum atomic E-state index is -3.67. The normalized spacial score (nSPS) is 10.2. The zero-order valence-corrected chi connectivity index (χ0v) is 8.16. The Labute approximate surface area is 78.5 Å². The maximum Gasteiger partial charge on any atom is 0.271 e. The highest BCUT2D eigenvalue weighted by molar-refractivity contribution is 7.86. The Morgan fingerprint density at radius 1 is 1.50 bits per heavy atom. The third-order valence-electron chi connectivity index (χ3n) is 0.494. The number of nitrogens with two attached hydrogens (primary N) is 3. The van der Waals surface area contributed by atoms with E-state index in [-0.39, 0.29) is 0 Å². The molecular formula is C3H7ClN4O2S2. The Kier molecular flexibility index (Phi) is 4.42. The van der Waals surface area contributed by atoms with Crippen molar-refractivity contribution in [1.82, 2.24) is 4.98 Å². The molecule has 1 aromatic rings. The largest absolute Gasteiger partial charge is 0.375 e. The molecule has 9 heteroatoms. The minimum absolute atomic E-state index is 0.475. The number of thiazole rings is 1. The van der Waals surface area contributed by atoms with Crippen molar-refractivity contribution in [1.29, 1.82) is 0 Å². The zero-order chi connectivity index (χ0) is 9.78. The van der Waals surface area contributed by atoms with Crippen LogP contribution in [0.25, 0.3) is 0 Å². The van der Waals surface area contributed by atoms with Gasteiger partial charge < -0.3 is 5.73 Å². The zero-order valence-electron chi connectivity index (χ0n) is 5.77. The molecule has 0 fully saturated rings. The minimum Gasteiger partial charge on any atom is -0.375 e. The molecule has 0 bridgehead atoms. The first-order valence-electron chi connectivity index (χ1n) is 2.46.